The van der Waals surface area contributed by atoms with E-state index in [1.807, 2.05) is 88.4 Å². The van der Waals surface area contributed by atoms with Crippen molar-refractivity contribution in [3.63, 3.8) is 0 Å². The van der Waals surface area contributed by atoms with Crippen LogP contribution in [-0.2, 0) is 14.7 Å². The predicted octanol–water partition coefficient (Wildman–Crippen LogP) is 5.76. The number of hydrogen-bond acceptors (Lipinski definition) is 4. The Morgan fingerprint density at radius 3 is 1.88 bits per heavy atom. The summed E-state index contributed by atoms with van der Waals surface area (Å²) in [6, 6.07) is 18.9. The van der Waals surface area contributed by atoms with Crippen molar-refractivity contribution in [3.8, 4) is 0 Å². The Balaban J connectivity index is 2.14. The molecule has 0 saturated heterocycles. The zero-order valence-corrected chi connectivity index (χ0v) is 21.6. The first-order valence-electron chi connectivity index (χ1n) is 11.3. The lowest BCUT2D eigenvalue weighted by atomic mass is 9.87. The number of ether oxygens (including phenoxy) is 1. The van der Waals surface area contributed by atoms with Crippen LogP contribution in [0.5, 0.6) is 0 Å². The molecule has 0 amide bonds. The van der Waals surface area contributed by atoms with Gasteiger partial charge in [0, 0.05) is 22.9 Å². The molecule has 33 heavy (non-hydrogen) atoms. The third-order valence-corrected chi connectivity index (χ3v) is 6.89. The van der Waals surface area contributed by atoms with Gasteiger partial charge in [-0.05, 0) is 45.8 Å². The fourth-order valence-corrected chi connectivity index (χ4v) is 5.60. The largest absolute Gasteiger partial charge is 0.464 e. The van der Waals surface area contributed by atoms with E-state index in [4.69, 9.17) is 9.73 Å². The number of hydrogen-bond donors (Lipinski definition) is 0. The summed E-state index contributed by atoms with van der Waals surface area (Å²) < 4.78 is 5.43. The molecule has 0 fully saturated rings. The highest BCUT2D eigenvalue weighted by Crippen LogP contribution is 2.46. The number of carbonyl (C=O) groups is 1. The highest BCUT2D eigenvalue weighted by atomic mass is 79.9. The Morgan fingerprint density at radius 1 is 0.939 bits per heavy atom. The van der Waals surface area contributed by atoms with Crippen molar-refractivity contribution in [1.82, 2.24) is 5.06 Å². The maximum absolute atomic E-state index is 13.2. The van der Waals surface area contributed by atoms with E-state index in [0.717, 1.165) is 33.0 Å². The standard InChI is InChI=1S/C27H32BrN2O3/c1-6-33-25(31)23(17-21-22(18-28)27(4,5)30(32)26(21,2)3)29-24(19-13-9-7-10-14-19)20-15-11-8-12-16-20/h7-16,23H,6,17-18H2,1-5H3. The van der Waals surface area contributed by atoms with Crippen molar-refractivity contribution in [2.24, 2.45) is 4.99 Å². The molecule has 0 aliphatic carbocycles. The van der Waals surface area contributed by atoms with Crippen molar-refractivity contribution in [3.05, 3.63) is 82.9 Å². The van der Waals surface area contributed by atoms with E-state index in [-0.39, 0.29) is 12.6 Å². The number of aliphatic imine (C=N–C) groups is 1. The zero-order valence-electron chi connectivity index (χ0n) is 20.0. The highest BCUT2D eigenvalue weighted by molar-refractivity contribution is 9.09. The maximum Gasteiger partial charge on any atom is 0.331 e. The number of benzene rings is 2. The molecule has 5 nitrogen and oxygen atoms in total. The Kier molecular flexibility index (Phi) is 7.93. The van der Waals surface area contributed by atoms with E-state index >= 15 is 0 Å². The Labute approximate surface area is 205 Å². The summed E-state index contributed by atoms with van der Waals surface area (Å²) in [6.07, 6.45) is 0.318. The number of halogens is 1. The second kappa shape index (κ2) is 10.3. The van der Waals surface area contributed by atoms with Gasteiger partial charge in [-0.2, -0.15) is 0 Å². The minimum Gasteiger partial charge on any atom is -0.464 e. The van der Waals surface area contributed by atoms with Crippen LogP contribution in [0.15, 0.2) is 76.8 Å². The van der Waals surface area contributed by atoms with Crippen LogP contribution in [0.3, 0.4) is 0 Å². The molecule has 175 valence electrons. The molecule has 1 atom stereocenters. The molecular formula is C27H32BrN2O3. The molecule has 0 saturated carbocycles. The molecule has 3 rings (SSSR count). The smallest absolute Gasteiger partial charge is 0.331 e. The summed E-state index contributed by atoms with van der Waals surface area (Å²) in [5.74, 6) is -0.388. The molecule has 2 aromatic rings. The lowest BCUT2D eigenvalue weighted by Crippen LogP contribution is -2.48. The van der Waals surface area contributed by atoms with Gasteiger partial charge in [-0.1, -0.05) is 76.6 Å². The zero-order chi connectivity index (χ0) is 24.2. The van der Waals surface area contributed by atoms with Crippen LogP contribution in [0.25, 0.3) is 0 Å². The molecule has 1 aliphatic heterocycles. The van der Waals surface area contributed by atoms with Crippen molar-refractivity contribution >= 4 is 27.6 Å². The second-order valence-corrected chi connectivity index (χ2v) is 9.75. The summed E-state index contributed by atoms with van der Waals surface area (Å²) in [5.41, 5.74) is 3.06. The number of carbonyl (C=O) groups excluding carboxylic acids is 1. The molecule has 0 aromatic heterocycles. The summed E-state index contributed by atoms with van der Waals surface area (Å²) in [4.78, 5) is 18.1. The average Bonchev–Trinajstić information content (AvgIpc) is 2.93. The van der Waals surface area contributed by atoms with Gasteiger partial charge in [-0.3, -0.25) is 4.99 Å². The van der Waals surface area contributed by atoms with Crippen LogP contribution in [0.2, 0.25) is 0 Å². The highest BCUT2D eigenvalue weighted by Gasteiger charge is 2.51. The molecule has 1 aliphatic rings. The fourth-order valence-electron chi connectivity index (χ4n) is 4.58. The molecule has 6 heteroatoms. The molecule has 2 aromatic carbocycles. The van der Waals surface area contributed by atoms with Crippen LogP contribution in [-0.4, -0.2) is 45.8 Å². The quantitative estimate of drug-likeness (QED) is 0.196. The SMILES string of the molecule is CCOC(=O)C(CC1=C(CBr)C(C)(C)N([O])C1(C)C)N=C(c1ccccc1)c1ccccc1. The lowest BCUT2D eigenvalue weighted by molar-refractivity contribution is -0.240. The van der Waals surface area contributed by atoms with E-state index in [2.05, 4.69) is 15.9 Å². The number of rotatable bonds is 8. The molecule has 0 N–H and O–H groups in total. The van der Waals surface area contributed by atoms with Crippen LogP contribution >= 0.6 is 15.9 Å². The average molecular weight is 512 g/mol. The monoisotopic (exact) mass is 511 g/mol. The number of hydroxylamine groups is 2. The third-order valence-electron chi connectivity index (χ3n) is 6.33. The Hall–Kier alpha value is -2.28. The molecular weight excluding hydrogens is 480 g/mol. The first-order valence-corrected chi connectivity index (χ1v) is 12.4. The minimum atomic E-state index is -0.772. The number of nitrogens with zero attached hydrogens (tertiary/aromatic N) is 2. The van der Waals surface area contributed by atoms with Crippen molar-refractivity contribution in [1.29, 1.82) is 0 Å². The van der Waals surface area contributed by atoms with Crippen molar-refractivity contribution in [2.75, 3.05) is 11.9 Å². The van der Waals surface area contributed by atoms with E-state index < -0.39 is 17.1 Å². The summed E-state index contributed by atoms with van der Waals surface area (Å²) in [5, 5.41) is 14.9. The Morgan fingerprint density at radius 2 is 1.42 bits per heavy atom. The number of esters is 1. The van der Waals surface area contributed by atoms with Crippen LogP contribution in [0.1, 0.15) is 52.2 Å². The van der Waals surface area contributed by atoms with Crippen LogP contribution in [0.4, 0.5) is 0 Å². The second-order valence-electron chi connectivity index (χ2n) is 9.18. The molecule has 1 radical (unpaired) electrons. The van der Waals surface area contributed by atoms with Gasteiger partial charge < -0.3 is 4.74 Å². The molecule has 0 bridgehead atoms. The van der Waals surface area contributed by atoms with Crippen molar-refractivity contribution < 1.29 is 14.7 Å². The van der Waals surface area contributed by atoms with Crippen LogP contribution in [0, 0.1) is 0 Å². The normalized spacial score (nSPS) is 18.2. The van der Waals surface area contributed by atoms with Gasteiger partial charge in [0.1, 0.15) is 0 Å². The predicted molar refractivity (Wildman–Crippen MR) is 135 cm³/mol. The van der Waals surface area contributed by atoms with Gasteiger partial charge >= 0.3 is 5.97 Å². The third kappa shape index (κ3) is 5.13. The first-order chi connectivity index (χ1) is 15.6. The van der Waals surface area contributed by atoms with Gasteiger partial charge in [0.15, 0.2) is 6.04 Å². The lowest BCUT2D eigenvalue weighted by Gasteiger charge is -2.35. The molecule has 1 unspecified atom stereocenters. The van der Waals surface area contributed by atoms with Gasteiger partial charge in [0.05, 0.1) is 23.4 Å². The summed E-state index contributed by atoms with van der Waals surface area (Å²) in [7, 11) is 0. The maximum atomic E-state index is 13.2. The molecule has 1 heterocycles. The number of alkyl halides is 1. The fraction of sp³-hybridized carbons (Fsp3) is 0.407. The van der Waals surface area contributed by atoms with E-state index in [9.17, 15) is 10.0 Å². The first kappa shape index (κ1) is 25.3. The summed E-state index contributed by atoms with van der Waals surface area (Å²) >= 11 is 3.58. The van der Waals surface area contributed by atoms with Crippen molar-refractivity contribution in [2.45, 2.75) is 58.2 Å². The van der Waals surface area contributed by atoms with Gasteiger partial charge in [0.2, 0.25) is 0 Å². The minimum absolute atomic E-state index is 0.268. The van der Waals surface area contributed by atoms with Gasteiger partial charge in [-0.15, -0.1) is 10.3 Å². The van der Waals surface area contributed by atoms with Crippen LogP contribution < -0.4 is 0 Å². The van der Waals surface area contributed by atoms with E-state index in [1.54, 1.807) is 6.92 Å². The molecule has 0 spiro atoms. The Bertz CT molecular complexity index is 988. The van der Waals surface area contributed by atoms with Gasteiger partial charge in [0.25, 0.3) is 0 Å². The van der Waals surface area contributed by atoms with E-state index in [1.165, 1.54) is 0 Å². The van der Waals surface area contributed by atoms with Gasteiger partial charge in [-0.25, -0.2) is 4.79 Å². The summed E-state index contributed by atoms with van der Waals surface area (Å²) in [6.45, 7) is 9.73. The van der Waals surface area contributed by atoms with E-state index in [0.29, 0.717) is 11.8 Å². The topological polar surface area (TPSA) is 61.8 Å².